The van der Waals surface area contributed by atoms with Gasteiger partial charge in [-0.05, 0) is 55.7 Å². The van der Waals surface area contributed by atoms with E-state index in [-0.39, 0.29) is 11.6 Å². The van der Waals surface area contributed by atoms with Gasteiger partial charge in [-0.15, -0.1) is 0 Å². The van der Waals surface area contributed by atoms with Gasteiger partial charge in [0.05, 0.1) is 6.61 Å². The summed E-state index contributed by atoms with van der Waals surface area (Å²) < 4.78 is 24.7. The van der Waals surface area contributed by atoms with Crippen molar-refractivity contribution in [2.75, 3.05) is 6.61 Å². The summed E-state index contributed by atoms with van der Waals surface area (Å²) in [5, 5.41) is 4.00. The second-order valence-corrected chi connectivity index (χ2v) is 5.72. The summed E-state index contributed by atoms with van der Waals surface area (Å²) in [6, 6.07) is 10.6. The Hall–Kier alpha value is -2.69. The monoisotopic (exact) mass is 326 g/mol. The highest BCUT2D eigenvalue weighted by Gasteiger charge is 2.13. The summed E-state index contributed by atoms with van der Waals surface area (Å²) >= 11 is 0. The molecule has 0 bridgehead atoms. The van der Waals surface area contributed by atoms with Crippen LogP contribution in [0.2, 0.25) is 0 Å². The minimum Gasteiger partial charge on any atom is -0.491 e. The van der Waals surface area contributed by atoms with E-state index in [0.29, 0.717) is 18.0 Å². The van der Waals surface area contributed by atoms with Gasteiger partial charge in [-0.25, -0.2) is 4.39 Å². The van der Waals surface area contributed by atoms with Gasteiger partial charge in [0.25, 0.3) is 5.89 Å². The third-order valence-corrected chi connectivity index (χ3v) is 3.83. The van der Waals surface area contributed by atoms with Crippen molar-refractivity contribution in [3.8, 4) is 28.6 Å². The zero-order valence-electron chi connectivity index (χ0n) is 14.0. The van der Waals surface area contributed by atoms with Gasteiger partial charge in [-0.2, -0.15) is 4.98 Å². The third kappa shape index (κ3) is 3.30. The summed E-state index contributed by atoms with van der Waals surface area (Å²) in [7, 11) is 0. The fraction of sp³-hybridized carbons (Fsp3) is 0.263. The van der Waals surface area contributed by atoms with Gasteiger partial charge in [0.2, 0.25) is 5.82 Å². The van der Waals surface area contributed by atoms with Gasteiger partial charge in [0.1, 0.15) is 0 Å². The molecule has 0 aliphatic carbocycles. The first-order chi connectivity index (χ1) is 11.6. The molecular weight excluding hydrogens is 307 g/mol. The molecule has 24 heavy (non-hydrogen) atoms. The molecule has 5 heteroatoms. The topological polar surface area (TPSA) is 48.2 Å². The summed E-state index contributed by atoms with van der Waals surface area (Å²) in [6.07, 6.45) is 0.824. The SMILES string of the molecule is CCCOc1ccc(-c2nc(-c3ccc(C)c(C)c3)no2)cc1F. The molecule has 3 aromatic rings. The molecule has 0 aliphatic rings. The number of aryl methyl sites for hydroxylation is 2. The molecule has 0 saturated heterocycles. The van der Waals surface area contributed by atoms with Crippen LogP contribution < -0.4 is 4.74 Å². The van der Waals surface area contributed by atoms with E-state index >= 15 is 0 Å². The fourth-order valence-electron chi connectivity index (χ4n) is 2.30. The first-order valence-electron chi connectivity index (χ1n) is 7.92. The van der Waals surface area contributed by atoms with Gasteiger partial charge in [0.15, 0.2) is 11.6 Å². The lowest BCUT2D eigenvalue weighted by Crippen LogP contribution is -1.97. The Morgan fingerprint density at radius 3 is 2.54 bits per heavy atom. The Bertz CT molecular complexity index is 858. The van der Waals surface area contributed by atoms with Crippen LogP contribution in [0.5, 0.6) is 5.75 Å². The number of halogens is 1. The lowest BCUT2D eigenvalue weighted by molar-refractivity contribution is 0.301. The van der Waals surface area contributed by atoms with Crippen LogP contribution in [0.3, 0.4) is 0 Å². The largest absolute Gasteiger partial charge is 0.491 e. The summed E-state index contributed by atoms with van der Waals surface area (Å²) in [6.45, 7) is 6.53. The molecular formula is C19H19FN2O2. The maximum atomic E-state index is 14.1. The number of rotatable bonds is 5. The summed E-state index contributed by atoms with van der Waals surface area (Å²) in [5.41, 5.74) is 3.75. The van der Waals surface area contributed by atoms with E-state index in [4.69, 9.17) is 9.26 Å². The van der Waals surface area contributed by atoms with Gasteiger partial charge >= 0.3 is 0 Å². The van der Waals surface area contributed by atoms with E-state index in [9.17, 15) is 4.39 Å². The van der Waals surface area contributed by atoms with Crippen molar-refractivity contribution in [1.82, 2.24) is 10.1 Å². The Labute approximate surface area is 140 Å². The van der Waals surface area contributed by atoms with E-state index in [2.05, 4.69) is 10.1 Å². The predicted molar refractivity (Wildman–Crippen MR) is 90.4 cm³/mol. The Balaban J connectivity index is 1.87. The van der Waals surface area contributed by atoms with E-state index in [1.165, 1.54) is 11.6 Å². The molecule has 0 atom stereocenters. The van der Waals surface area contributed by atoms with Crippen molar-refractivity contribution in [1.29, 1.82) is 0 Å². The minimum atomic E-state index is -0.438. The van der Waals surface area contributed by atoms with Crippen LogP contribution in [0.25, 0.3) is 22.8 Å². The van der Waals surface area contributed by atoms with Crippen LogP contribution in [0.15, 0.2) is 40.9 Å². The van der Waals surface area contributed by atoms with Crippen LogP contribution in [-0.4, -0.2) is 16.7 Å². The first-order valence-corrected chi connectivity index (χ1v) is 7.92. The average molecular weight is 326 g/mol. The highest BCUT2D eigenvalue weighted by Crippen LogP contribution is 2.27. The number of ether oxygens (including phenoxy) is 1. The van der Waals surface area contributed by atoms with Crippen molar-refractivity contribution in [3.63, 3.8) is 0 Å². The molecule has 0 aliphatic heterocycles. The smallest absolute Gasteiger partial charge is 0.258 e. The highest BCUT2D eigenvalue weighted by molar-refractivity contribution is 5.61. The first kappa shape index (κ1) is 16.2. The molecule has 0 unspecified atom stereocenters. The van der Waals surface area contributed by atoms with Crippen LogP contribution >= 0.6 is 0 Å². The molecule has 1 aromatic heterocycles. The van der Waals surface area contributed by atoms with Crippen molar-refractivity contribution in [2.24, 2.45) is 0 Å². The zero-order valence-corrected chi connectivity index (χ0v) is 14.0. The molecule has 124 valence electrons. The highest BCUT2D eigenvalue weighted by atomic mass is 19.1. The van der Waals surface area contributed by atoms with Crippen molar-refractivity contribution in [3.05, 3.63) is 53.3 Å². The molecule has 0 fully saturated rings. The molecule has 3 rings (SSSR count). The van der Waals surface area contributed by atoms with E-state index < -0.39 is 5.82 Å². The average Bonchev–Trinajstić information content (AvgIpc) is 3.06. The van der Waals surface area contributed by atoms with E-state index in [1.807, 2.05) is 39.0 Å². The maximum Gasteiger partial charge on any atom is 0.258 e. The molecule has 1 heterocycles. The van der Waals surface area contributed by atoms with Crippen LogP contribution in [0, 0.1) is 19.7 Å². The van der Waals surface area contributed by atoms with Crippen molar-refractivity contribution < 1.29 is 13.7 Å². The molecule has 0 N–H and O–H groups in total. The van der Waals surface area contributed by atoms with E-state index in [1.54, 1.807) is 12.1 Å². The normalized spacial score (nSPS) is 10.8. The maximum absolute atomic E-state index is 14.1. The van der Waals surface area contributed by atoms with Gasteiger partial charge < -0.3 is 9.26 Å². The molecule has 0 spiro atoms. The molecule has 2 aromatic carbocycles. The number of aromatic nitrogens is 2. The molecule has 4 nitrogen and oxygen atoms in total. The van der Waals surface area contributed by atoms with Gasteiger partial charge in [-0.1, -0.05) is 24.2 Å². The van der Waals surface area contributed by atoms with Crippen LogP contribution in [0.4, 0.5) is 4.39 Å². The van der Waals surface area contributed by atoms with Gasteiger partial charge in [-0.3, -0.25) is 0 Å². The third-order valence-electron chi connectivity index (χ3n) is 3.83. The Kier molecular flexibility index (Phi) is 4.60. The van der Waals surface area contributed by atoms with Crippen LogP contribution in [0.1, 0.15) is 24.5 Å². The predicted octanol–water partition coefficient (Wildman–Crippen LogP) is 4.95. The summed E-state index contributed by atoms with van der Waals surface area (Å²) in [4.78, 5) is 4.37. The van der Waals surface area contributed by atoms with E-state index in [0.717, 1.165) is 17.5 Å². The Morgan fingerprint density at radius 1 is 1.04 bits per heavy atom. The number of benzene rings is 2. The molecule has 0 saturated carbocycles. The quantitative estimate of drug-likeness (QED) is 0.666. The van der Waals surface area contributed by atoms with Crippen molar-refractivity contribution >= 4 is 0 Å². The van der Waals surface area contributed by atoms with Gasteiger partial charge in [0, 0.05) is 11.1 Å². The second-order valence-electron chi connectivity index (χ2n) is 5.72. The fourth-order valence-corrected chi connectivity index (χ4v) is 2.30. The number of hydrogen-bond donors (Lipinski definition) is 0. The molecule has 0 radical (unpaired) electrons. The Morgan fingerprint density at radius 2 is 1.83 bits per heavy atom. The number of hydrogen-bond acceptors (Lipinski definition) is 4. The van der Waals surface area contributed by atoms with Crippen molar-refractivity contribution in [2.45, 2.75) is 27.2 Å². The summed E-state index contributed by atoms with van der Waals surface area (Å²) in [5.74, 6) is 0.561. The standard InChI is InChI=1S/C19H19FN2O2/c1-4-9-23-17-8-7-15(11-16(17)20)19-21-18(22-24-19)14-6-5-12(2)13(3)10-14/h5-8,10-11H,4,9H2,1-3H3. The molecule has 0 amide bonds. The van der Waals surface area contributed by atoms with Crippen LogP contribution in [-0.2, 0) is 0 Å². The zero-order chi connectivity index (χ0) is 17.1. The number of nitrogens with zero attached hydrogens (tertiary/aromatic N) is 2. The second kappa shape index (κ2) is 6.83. The lowest BCUT2D eigenvalue weighted by Gasteiger charge is -2.05. The minimum absolute atomic E-state index is 0.231. The lowest BCUT2D eigenvalue weighted by atomic mass is 10.1.